The molecule has 0 bridgehead atoms. The molecule has 0 spiro atoms. The molecule has 14 heavy (non-hydrogen) atoms. The zero-order valence-electron chi connectivity index (χ0n) is 7.99. The third-order valence-electron chi connectivity index (χ3n) is 3.37. The van der Waals surface area contributed by atoms with Gasteiger partial charge in [0.2, 0.25) is 5.91 Å². The van der Waals surface area contributed by atoms with Crippen molar-refractivity contribution in [2.45, 2.75) is 25.3 Å². The van der Waals surface area contributed by atoms with Crippen LogP contribution in [-0.4, -0.2) is 11.9 Å². The van der Waals surface area contributed by atoms with Crippen molar-refractivity contribution in [3.63, 3.8) is 0 Å². The minimum absolute atomic E-state index is 0.150. The third kappa shape index (κ3) is 0.999. The fraction of sp³-hybridized carbons (Fsp3) is 0.417. The summed E-state index contributed by atoms with van der Waals surface area (Å²) in [5.74, 6) is 0.406. The van der Waals surface area contributed by atoms with Crippen molar-refractivity contribution in [3.8, 4) is 0 Å². The molecule has 2 nitrogen and oxygen atoms in total. The standard InChI is InChI=1S/C12H13NO/c14-12-10-6-3-5-8(10)9-4-1-2-7-11(9)13-12/h1-2,4,7,10-11H,3,5-6H2,(H,13,14)/t10-,11?/m1/s1. The molecule has 72 valence electrons. The molecular weight excluding hydrogens is 174 g/mol. The fourth-order valence-electron chi connectivity index (χ4n) is 2.71. The molecule has 1 heterocycles. The Labute approximate surface area is 83.4 Å². The van der Waals surface area contributed by atoms with Crippen molar-refractivity contribution in [2.24, 2.45) is 5.92 Å². The lowest BCUT2D eigenvalue weighted by Gasteiger charge is -2.29. The predicted molar refractivity (Wildman–Crippen MR) is 54.6 cm³/mol. The third-order valence-corrected chi connectivity index (χ3v) is 3.37. The first-order valence-corrected chi connectivity index (χ1v) is 5.24. The molecule has 1 aliphatic heterocycles. The molecule has 0 aromatic carbocycles. The van der Waals surface area contributed by atoms with Crippen LogP contribution in [-0.2, 0) is 4.79 Å². The van der Waals surface area contributed by atoms with E-state index in [0.29, 0.717) is 0 Å². The monoisotopic (exact) mass is 187 g/mol. The van der Waals surface area contributed by atoms with Crippen LogP contribution in [0.15, 0.2) is 35.5 Å². The molecule has 3 rings (SSSR count). The number of amides is 1. The van der Waals surface area contributed by atoms with Gasteiger partial charge in [0.25, 0.3) is 0 Å². The average Bonchev–Trinajstić information content (AvgIpc) is 2.67. The number of carbonyl (C=O) groups is 1. The van der Waals surface area contributed by atoms with Crippen LogP contribution < -0.4 is 5.32 Å². The topological polar surface area (TPSA) is 29.1 Å². The summed E-state index contributed by atoms with van der Waals surface area (Å²) < 4.78 is 0. The molecule has 1 saturated carbocycles. The Balaban J connectivity index is 2.11. The molecule has 0 aromatic rings. The number of nitrogens with one attached hydrogen (secondary N) is 1. The number of hydrogen-bond donors (Lipinski definition) is 1. The molecule has 0 radical (unpaired) electrons. The van der Waals surface area contributed by atoms with E-state index in [2.05, 4.69) is 23.5 Å². The van der Waals surface area contributed by atoms with Crippen LogP contribution in [0.2, 0.25) is 0 Å². The molecule has 2 atom stereocenters. The van der Waals surface area contributed by atoms with Crippen LogP contribution in [0.4, 0.5) is 0 Å². The normalized spacial score (nSPS) is 34.1. The summed E-state index contributed by atoms with van der Waals surface area (Å²) in [5.41, 5.74) is 2.73. The lowest BCUT2D eigenvalue weighted by molar-refractivity contribution is -0.124. The summed E-state index contributed by atoms with van der Waals surface area (Å²) in [6.07, 6.45) is 11.6. The van der Waals surface area contributed by atoms with E-state index in [1.807, 2.05) is 6.08 Å². The zero-order chi connectivity index (χ0) is 9.54. The molecule has 1 unspecified atom stereocenters. The number of fused-ring (bicyclic) bond motifs is 2. The van der Waals surface area contributed by atoms with E-state index in [4.69, 9.17) is 0 Å². The minimum atomic E-state index is 0.150. The van der Waals surface area contributed by atoms with E-state index in [1.54, 1.807) is 0 Å². The Hall–Kier alpha value is -1.31. The fourth-order valence-corrected chi connectivity index (χ4v) is 2.71. The first kappa shape index (κ1) is 8.04. The molecule has 0 saturated heterocycles. The summed E-state index contributed by atoms with van der Waals surface area (Å²) in [6, 6.07) is 0.150. The van der Waals surface area contributed by atoms with Crippen LogP contribution >= 0.6 is 0 Å². The Bertz CT molecular complexity index is 376. The first-order chi connectivity index (χ1) is 6.86. The number of rotatable bonds is 0. The van der Waals surface area contributed by atoms with Crippen molar-refractivity contribution in [1.82, 2.24) is 5.32 Å². The molecule has 3 aliphatic rings. The maximum atomic E-state index is 11.7. The number of hydrogen-bond acceptors (Lipinski definition) is 1. The van der Waals surface area contributed by atoms with Crippen LogP contribution in [0.1, 0.15) is 19.3 Å². The second kappa shape index (κ2) is 2.84. The van der Waals surface area contributed by atoms with Crippen molar-refractivity contribution in [1.29, 1.82) is 0 Å². The molecule has 1 N–H and O–H groups in total. The van der Waals surface area contributed by atoms with Gasteiger partial charge in [0.1, 0.15) is 0 Å². The van der Waals surface area contributed by atoms with Gasteiger partial charge in [0, 0.05) is 0 Å². The summed E-state index contributed by atoms with van der Waals surface area (Å²) in [4.78, 5) is 11.7. The van der Waals surface area contributed by atoms with Gasteiger partial charge in [-0.25, -0.2) is 0 Å². The highest BCUT2D eigenvalue weighted by atomic mass is 16.2. The Morgan fingerprint density at radius 3 is 3.21 bits per heavy atom. The lowest BCUT2D eigenvalue weighted by Crippen LogP contribution is -2.43. The molecule has 2 aliphatic carbocycles. The molecule has 0 aromatic heterocycles. The summed E-state index contributed by atoms with van der Waals surface area (Å²) >= 11 is 0. The second-order valence-corrected chi connectivity index (χ2v) is 4.16. The average molecular weight is 187 g/mol. The lowest BCUT2D eigenvalue weighted by atomic mass is 9.86. The second-order valence-electron chi connectivity index (χ2n) is 4.16. The SMILES string of the molecule is O=C1NC2C=CC=CC2=C2CCC[C@@H]12. The highest BCUT2D eigenvalue weighted by Gasteiger charge is 2.36. The largest absolute Gasteiger partial charge is 0.345 e. The highest BCUT2D eigenvalue weighted by molar-refractivity contribution is 5.85. The van der Waals surface area contributed by atoms with Gasteiger partial charge in [-0.3, -0.25) is 4.79 Å². The predicted octanol–water partition coefficient (Wildman–Crippen LogP) is 1.71. The Kier molecular flexibility index (Phi) is 1.63. The van der Waals surface area contributed by atoms with Crippen molar-refractivity contribution in [2.75, 3.05) is 0 Å². The van der Waals surface area contributed by atoms with Crippen LogP contribution in [0.5, 0.6) is 0 Å². The van der Waals surface area contributed by atoms with Crippen molar-refractivity contribution in [3.05, 3.63) is 35.5 Å². The van der Waals surface area contributed by atoms with Gasteiger partial charge in [0.15, 0.2) is 0 Å². The van der Waals surface area contributed by atoms with E-state index < -0.39 is 0 Å². The van der Waals surface area contributed by atoms with Crippen LogP contribution in [0, 0.1) is 5.92 Å². The number of carbonyl (C=O) groups excluding carboxylic acids is 1. The quantitative estimate of drug-likeness (QED) is 0.614. The van der Waals surface area contributed by atoms with E-state index in [-0.39, 0.29) is 17.9 Å². The first-order valence-electron chi connectivity index (χ1n) is 5.24. The van der Waals surface area contributed by atoms with E-state index in [9.17, 15) is 4.79 Å². The zero-order valence-corrected chi connectivity index (χ0v) is 7.99. The maximum Gasteiger partial charge on any atom is 0.227 e. The highest BCUT2D eigenvalue weighted by Crippen LogP contribution is 2.38. The van der Waals surface area contributed by atoms with Crippen molar-refractivity contribution >= 4 is 5.91 Å². The van der Waals surface area contributed by atoms with Gasteiger partial charge in [0.05, 0.1) is 12.0 Å². The molecular formula is C12H13NO. The van der Waals surface area contributed by atoms with E-state index in [0.717, 1.165) is 12.8 Å². The van der Waals surface area contributed by atoms with E-state index in [1.165, 1.54) is 17.6 Å². The molecule has 1 fully saturated rings. The minimum Gasteiger partial charge on any atom is -0.345 e. The van der Waals surface area contributed by atoms with Gasteiger partial charge in [-0.1, -0.05) is 29.9 Å². The summed E-state index contributed by atoms with van der Waals surface area (Å²) in [5, 5.41) is 3.05. The van der Waals surface area contributed by atoms with Crippen LogP contribution in [0.25, 0.3) is 0 Å². The van der Waals surface area contributed by atoms with Crippen LogP contribution in [0.3, 0.4) is 0 Å². The van der Waals surface area contributed by atoms with Crippen molar-refractivity contribution < 1.29 is 4.79 Å². The Morgan fingerprint density at radius 2 is 2.29 bits per heavy atom. The van der Waals surface area contributed by atoms with Gasteiger partial charge in [-0.2, -0.15) is 0 Å². The Morgan fingerprint density at radius 1 is 1.36 bits per heavy atom. The molecule has 2 heteroatoms. The maximum absolute atomic E-state index is 11.7. The number of allylic oxidation sites excluding steroid dienone is 2. The van der Waals surface area contributed by atoms with Gasteiger partial charge < -0.3 is 5.32 Å². The van der Waals surface area contributed by atoms with E-state index >= 15 is 0 Å². The smallest absolute Gasteiger partial charge is 0.227 e. The summed E-state index contributed by atoms with van der Waals surface area (Å²) in [7, 11) is 0. The molecule has 1 amide bonds. The van der Waals surface area contributed by atoms with Gasteiger partial charge in [-0.15, -0.1) is 0 Å². The van der Waals surface area contributed by atoms with Gasteiger partial charge >= 0.3 is 0 Å². The van der Waals surface area contributed by atoms with Gasteiger partial charge in [-0.05, 0) is 24.8 Å². The summed E-state index contributed by atoms with van der Waals surface area (Å²) in [6.45, 7) is 0.